The SMILES string of the molecule is Cn1c(C(N)c2cccnc2)cc2ccccc21. The van der Waals surface area contributed by atoms with Crippen molar-refractivity contribution in [2.75, 3.05) is 0 Å². The van der Waals surface area contributed by atoms with Crippen molar-refractivity contribution >= 4 is 10.9 Å². The first-order valence-electron chi connectivity index (χ1n) is 5.97. The third-order valence-corrected chi connectivity index (χ3v) is 3.35. The molecule has 0 aliphatic carbocycles. The highest BCUT2D eigenvalue weighted by Crippen LogP contribution is 2.25. The zero-order chi connectivity index (χ0) is 12.5. The molecule has 2 heterocycles. The van der Waals surface area contributed by atoms with Crippen LogP contribution in [0.2, 0.25) is 0 Å². The largest absolute Gasteiger partial charge is 0.346 e. The molecule has 2 N–H and O–H groups in total. The van der Waals surface area contributed by atoms with Crippen LogP contribution in [0, 0.1) is 0 Å². The van der Waals surface area contributed by atoms with E-state index in [0.29, 0.717) is 0 Å². The second kappa shape index (κ2) is 4.27. The van der Waals surface area contributed by atoms with Crippen LogP contribution in [0.4, 0.5) is 0 Å². The summed E-state index contributed by atoms with van der Waals surface area (Å²) in [6.45, 7) is 0. The Kier molecular flexibility index (Phi) is 2.61. The molecule has 0 aliphatic heterocycles. The minimum absolute atomic E-state index is 0.143. The standard InChI is InChI=1S/C15H15N3/c1-18-13-7-3-2-5-11(13)9-14(18)15(16)12-6-4-8-17-10-12/h2-10,15H,16H2,1H3. The number of hydrogen-bond donors (Lipinski definition) is 1. The van der Waals surface area contributed by atoms with E-state index in [1.165, 1.54) is 10.9 Å². The zero-order valence-electron chi connectivity index (χ0n) is 10.2. The fourth-order valence-electron chi connectivity index (χ4n) is 2.34. The quantitative estimate of drug-likeness (QED) is 0.744. The van der Waals surface area contributed by atoms with Crippen LogP contribution in [0.5, 0.6) is 0 Å². The molecule has 0 saturated heterocycles. The van der Waals surface area contributed by atoms with Gasteiger partial charge in [0.2, 0.25) is 0 Å². The summed E-state index contributed by atoms with van der Waals surface area (Å²) < 4.78 is 2.15. The Morgan fingerprint density at radius 1 is 1.17 bits per heavy atom. The zero-order valence-corrected chi connectivity index (χ0v) is 10.2. The van der Waals surface area contributed by atoms with Gasteiger partial charge in [-0.2, -0.15) is 0 Å². The molecule has 0 aliphatic rings. The number of nitrogens with zero attached hydrogens (tertiary/aromatic N) is 2. The van der Waals surface area contributed by atoms with Crippen LogP contribution in [-0.2, 0) is 7.05 Å². The van der Waals surface area contributed by atoms with Crippen molar-refractivity contribution < 1.29 is 0 Å². The third kappa shape index (κ3) is 1.69. The van der Waals surface area contributed by atoms with Gasteiger partial charge in [-0.3, -0.25) is 4.98 Å². The van der Waals surface area contributed by atoms with Crippen molar-refractivity contribution in [2.45, 2.75) is 6.04 Å². The lowest BCUT2D eigenvalue weighted by molar-refractivity contribution is 0.758. The van der Waals surface area contributed by atoms with E-state index in [9.17, 15) is 0 Å². The molecule has 3 heteroatoms. The minimum Gasteiger partial charge on any atom is -0.346 e. The number of rotatable bonds is 2. The van der Waals surface area contributed by atoms with E-state index in [0.717, 1.165) is 11.3 Å². The van der Waals surface area contributed by atoms with Crippen molar-refractivity contribution in [1.82, 2.24) is 9.55 Å². The maximum atomic E-state index is 6.32. The summed E-state index contributed by atoms with van der Waals surface area (Å²) in [5.41, 5.74) is 9.65. The molecule has 2 aromatic heterocycles. The second-order valence-corrected chi connectivity index (χ2v) is 4.45. The number of fused-ring (bicyclic) bond motifs is 1. The van der Waals surface area contributed by atoms with E-state index >= 15 is 0 Å². The van der Waals surface area contributed by atoms with Crippen molar-refractivity contribution in [2.24, 2.45) is 12.8 Å². The van der Waals surface area contributed by atoms with Crippen LogP contribution in [0.25, 0.3) is 10.9 Å². The van der Waals surface area contributed by atoms with Gasteiger partial charge in [0.25, 0.3) is 0 Å². The number of aromatic nitrogens is 2. The molecule has 0 fully saturated rings. The van der Waals surface area contributed by atoms with Crippen LogP contribution >= 0.6 is 0 Å². The highest BCUT2D eigenvalue weighted by molar-refractivity contribution is 5.81. The molecule has 18 heavy (non-hydrogen) atoms. The predicted molar refractivity (Wildman–Crippen MR) is 73.2 cm³/mol. The van der Waals surface area contributed by atoms with Gasteiger partial charge in [-0.15, -0.1) is 0 Å². The van der Waals surface area contributed by atoms with Gasteiger partial charge in [0.1, 0.15) is 0 Å². The molecule has 3 aromatic rings. The minimum atomic E-state index is -0.143. The Morgan fingerprint density at radius 3 is 2.72 bits per heavy atom. The van der Waals surface area contributed by atoms with Gasteiger partial charge in [0.05, 0.1) is 6.04 Å². The highest BCUT2D eigenvalue weighted by Gasteiger charge is 2.14. The first-order valence-corrected chi connectivity index (χ1v) is 5.97. The van der Waals surface area contributed by atoms with Crippen LogP contribution in [0.1, 0.15) is 17.3 Å². The van der Waals surface area contributed by atoms with E-state index in [1.54, 1.807) is 6.20 Å². The topological polar surface area (TPSA) is 43.8 Å². The molecule has 3 nitrogen and oxygen atoms in total. The molecular formula is C15H15N3. The number of para-hydroxylation sites is 1. The highest BCUT2D eigenvalue weighted by atomic mass is 15.0. The maximum absolute atomic E-state index is 6.32. The third-order valence-electron chi connectivity index (χ3n) is 3.35. The Hall–Kier alpha value is -2.13. The van der Waals surface area contributed by atoms with E-state index < -0.39 is 0 Å². The van der Waals surface area contributed by atoms with Gasteiger partial charge in [-0.1, -0.05) is 24.3 Å². The summed E-state index contributed by atoms with van der Waals surface area (Å²) in [7, 11) is 2.05. The summed E-state index contributed by atoms with van der Waals surface area (Å²) in [5.74, 6) is 0. The lowest BCUT2D eigenvalue weighted by atomic mass is 10.1. The van der Waals surface area contributed by atoms with Crippen LogP contribution in [0.15, 0.2) is 54.9 Å². The van der Waals surface area contributed by atoms with Crippen molar-refractivity contribution in [1.29, 1.82) is 0 Å². The van der Waals surface area contributed by atoms with Crippen molar-refractivity contribution in [3.8, 4) is 0 Å². The molecule has 0 bridgehead atoms. The Labute approximate surface area is 106 Å². The molecule has 0 amide bonds. The van der Waals surface area contributed by atoms with Gasteiger partial charge in [-0.05, 0) is 29.1 Å². The molecule has 90 valence electrons. The molecule has 0 radical (unpaired) electrons. The average Bonchev–Trinajstić information content (AvgIpc) is 2.77. The predicted octanol–water partition coefficient (Wildman–Crippen LogP) is 2.62. The van der Waals surface area contributed by atoms with Crippen LogP contribution in [-0.4, -0.2) is 9.55 Å². The number of aryl methyl sites for hydroxylation is 1. The van der Waals surface area contributed by atoms with Gasteiger partial charge in [0.15, 0.2) is 0 Å². The number of nitrogens with two attached hydrogens (primary N) is 1. The summed E-state index contributed by atoms with van der Waals surface area (Å²) in [5, 5.41) is 1.22. The Balaban J connectivity index is 2.12. The van der Waals surface area contributed by atoms with Crippen molar-refractivity contribution in [3.05, 3.63) is 66.1 Å². The molecule has 0 spiro atoms. The second-order valence-electron chi connectivity index (χ2n) is 4.45. The summed E-state index contributed by atoms with van der Waals surface area (Å²) >= 11 is 0. The van der Waals surface area contributed by atoms with Crippen LogP contribution in [0.3, 0.4) is 0 Å². The van der Waals surface area contributed by atoms with E-state index in [2.05, 4.69) is 27.8 Å². The van der Waals surface area contributed by atoms with E-state index in [-0.39, 0.29) is 6.04 Å². The summed E-state index contributed by atoms with van der Waals surface area (Å²) in [6.07, 6.45) is 3.58. The average molecular weight is 237 g/mol. The van der Waals surface area contributed by atoms with E-state index in [1.807, 2.05) is 37.5 Å². The summed E-state index contributed by atoms with van der Waals surface area (Å²) in [4.78, 5) is 4.13. The normalized spacial score (nSPS) is 12.8. The van der Waals surface area contributed by atoms with Gasteiger partial charge >= 0.3 is 0 Å². The molecule has 1 atom stereocenters. The first-order chi connectivity index (χ1) is 8.77. The molecule has 1 aromatic carbocycles. The smallest absolute Gasteiger partial charge is 0.0721 e. The number of pyridine rings is 1. The van der Waals surface area contributed by atoms with Crippen molar-refractivity contribution in [3.63, 3.8) is 0 Å². The van der Waals surface area contributed by atoms with Gasteiger partial charge < -0.3 is 10.3 Å². The molecule has 3 rings (SSSR count). The monoisotopic (exact) mass is 237 g/mol. The van der Waals surface area contributed by atoms with Crippen LogP contribution < -0.4 is 5.73 Å². The number of hydrogen-bond acceptors (Lipinski definition) is 2. The van der Waals surface area contributed by atoms with Gasteiger partial charge in [0, 0.05) is 30.7 Å². The summed E-state index contributed by atoms with van der Waals surface area (Å²) in [6, 6.07) is 14.2. The van der Waals surface area contributed by atoms with Gasteiger partial charge in [-0.25, -0.2) is 0 Å². The Morgan fingerprint density at radius 2 is 2.00 bits per heavy atom. The molecular weight excluding hydrogens is 222 g/mol. The number of benzene rings is 1. The maximum Gasteiger partial charge on any atom is 0.0721 e. The fourth-order valence-corrected chi connectivity index (χ4v) is 2.34. The molecule has 0 saturated carbocycles. The first kappa shape index (κ1) is 11.0. The molecule has 1 unspecified atom stereocenters. The lowest BCUT2D eigenvalue weighted by Gasteiger charge is -2.13. The van der Waals surface area contributed by atoms with E-state index in [4.69, 9.17) is 5.73 Å². The lowest BCUT2D eigenvalue weighted by Crippen LogP contribution is -2.15. The fraction of sp³-hybridized carbons (Fsp3) is 0.133. The Bertz CT molecular complexity index is 671.